The lowest BCUT2D eigenvalue weighted by Crippen LogP contribution is -2.25. The minimum absolute atomic E-state index is 0.132. The molecule has 0 spiro atoms. The van der Waals surface area contributed by atoms with E-state index in [1.54, 1.807) is 23.5 Å². The van der Waals surface area contributed by atoms with Crippen molar-refractivity contribution >= 4 is 0 Å². The predicted octanol–water partition coefficient (Wildman–Crippen LogP) is 2.80. The Morgan fingerprint density at radius 1 is 1.32 bits per heavy atom. The van der Waals surface area contributed by atoms with E-state index in [2.05, 4.69) is 19.6 Å². The smallest absolute Gasteiger partial charge is 0.413 e. The van der Waals surface area contributed by atoms with Gasteiger partial charge >= 0.3 is 12.1 Å². The molecule has 0 bridgehead atoms. The van der Waals surface area contributed by atoms with Gasteiger partial charge in [0.05, 0.1) is 18.3 Å². The van der Waals surface area contributed by atoms with Crippen LogP contribution in [0.3, 0.4) is 0 Å². The fraction of sp³-hybridized carbons (Fsp3) is 0.308. The molecule has 1 aliphatic rings. The third-order valence-electron chi connectivity index (χ3n) is 3.08. The van der Waals surface area contributed by atoms with Crippen LogP contribution < -0.4 is 0 Å². The van der Waals surface area contributed by atoms with Crippen LogP contribution in [0.2, 0.25) is 0 Å². The summed E-state index contributed by atoms with van der Waals surface area (Å²) >= 11 is 0. The lowest BCUT2D eigenvalue weighted by Gasteiger charge is -2.18. The van der Waals surface area contributed by atoms with E-state index in [9.17, 15) is 13.2 Å². The molecule has 2 aromatic rings. The van der Waals surface area contributed by atoms with Crippen LogP contribution in [0.25, 0.3) is 11.4 Å². The molecule has 0 aromatic carbocycles. The molecular weight excluding hydrogens is 301 g/mol. The van der Waals surface area contributed by atoms with E-state index >= 15 is 0 Å². The summed E-state index contributed by atoms with van der Waals surface area (Å²) in [6.45, 7) is 2.42. The molecule has 3 heterocycles. The highest BCUT2D eigenvalue weighted by atomic mass is 19.4. The zero-order valence-corrected chi connectivity index (χ0v) is 11.4. The Balaban J connectivity index is 1.72. The minimum Gasteiger partial charge on any atom is -0.413 e. The standard InChI is InChI=1S/C13H11F3N4O2/c1-8-4-5-21-20(8)7-10-3-2-9(6-17-10)11-18-12(22-19-11)13(14,15)16/h2-6,8H,7H2,1H3. The van der Waals surface area contributed by atoms with Gasteiger partial charge in [-0.3, -0.25) is 4.98 Å². The molecule has 3 rings (SSSR count). The first-order valence-corrected chi connectivity index (χ1v) is 6.40. The third kappa shape index (κ3) is 2.93. The Labute approximate surface area is 123 Å². The molecule has 6 nitrogen and oxygen atoms in total. The first-order chi connectivity index (χ1) is 10.4. The van der Waals surface area contributed by atoms with E-state index in [0.717, 1.165) is 0 Å². The summed E-state index contributed by atoms with van der Waals surface area (Å²) in [6, 6.07) is 3.39. The molecule has 1 unspecified atom stereocenters. The molecule has 1 aliphatic heterocycles. The average Bonchev–Trinajstić information content (AvgIpc) is 3.09. The maximum Gasteiger partial charge on any atom is 0.471 e. The van der Waals surface area contributed by atoms with Crippen molar-refractivity contribution in [1.82, 2.24) is 20.2 Å². The van der Waals surface area contributed by atoms with Gasteiger partial charge in [0.1, 0.15) is 6.26 Å². The SMILES string of the molecule is CC1C=CON1Cc1ccc(-c2noc(C(F)(F)F)n2)cn1. The Morgan fingerprint density at radius 3 is 2.68 bits per heavy atom. The lowest BCUT2D eigenvalue weighted by atomic mass is 10.2. The van der Waals surface area contributed by atoms with Crippen LogP contribution in [0.4, 0.5) is 13.2 Å². The second kappa shape index (κ2) is 5.41. The summed E-state index contributed by atoms with van der Waals surface area (Å²) in [5, 5.41) is 5.03. The van der Waals surface area contributed by atoms with E-state index < -0.39 is 12.1 Å². The van der Waals surface area contributed by atoms with Gasteiger partial charge in [0, 0.05) is 11.8 Å². The summed E-state index contributed by atoms with van der Waals surface area (Å²) in [5.41, 5.74) is 1.05. The zero-order chi connectivity index (χ0) is 15.7. The average molecular weight is 312 g/mol. The van der Waals surface area contributed by atoms with E-state index in [1.807, 2.05) is 13.0 Å². The monoisotopic (exact) mass is 312 g/mol. The molecule has 1 atom stereocenters. The van der Waals surface area contributed by atoms with Gasteiger partial charge in [-0.05, 0) is 25.1 Å². The van der Waals surface area contributed by atoms with Crippen LogP contribution in [0.15, 0.2) is 35.2 Å². The van der Waals surface area contributed by atoms with Crippen molar-refractivity contribution in [2.75, 3.05) is 0 Å². The van der Waals surface area contributed by atoms with Gasteiger partial charge in [-0.1, -0.05) is 5.16 Å². The van der Waals surface area contributed by atoms with Crippen molar-refractivity contribution < 1.29 is 22.5 Å². The molecule has 0 saturated heterocycles. The number of hydrogen-bond acceptors (Lipinski definition) is 6. The van der Waals surface area contributed by atoms with Gasteiger partial charge in [0.25, 0.3) is 0 Å². The number of hydroxylamine groups is 2. The lowest BCUT2D eigenvalue weighted by molar-refractivity contribution is -0.159. The van der Waals surface area contributed by atoms with Crippen LogP contribution in [0.5, 0.6) is 0 Å². The predicted molar refractivity (Wildman–Crippen MR) is 67.8 cm³/mol. The molecule has 2 aromatic heterocycles. The second-order valence-corrected chi connectivity index (χ2v) is 4.71. The van der Waals surface area contributed by atoms with Crippen LogP contribution in [-0.4, -0.2) is 26.2 Å². The number of nitrogens with zero attached hydrogens (tertiary/aromatic N) is 4. The highest BCUT2D eigenvalue weighted by Crippen LogP contribution is 2.29. The molecular formula is C13H11F3N4O2. The summed E-state index contributed by atoms with van der Waals surface area (Å²) in [4.78, 5) is 12.8. The summed E-state index contributed by atoms with van der Waals surface area (Å²) in [5.74, 6) is -1.53. The molecule has 9 heteroatoms. The van der Waals surface area contributed by atoms with Crippen molar-refractivity contribution in [3.05, 3.63) is 42.3 Å². The number of pyridine rings is 1. The maximum absolute atomic E-state index is 12.4. The van der Waals surface area contributed by atoms with Gasteiger partial charge < -0.3 is 9.36 Å². The van der Waals surface area contributed by atoms with Gasteiger partial charge in [-0.15, -0.1) is 5.06 Å². The Bertz CT molecular complexity index is 681. The largest absolute Gasteiger partial charge is 0.471 e. The van der Waals surface area contributed by atoms with Crippen LogP contribution >= 0.6 is 0 Å². The molecule has 0 fully saturated rings. The summed E-state index contributed by atoms with van der Waals surface area (Å²) < 4.78 is 41.4. The Hall–Kier alpha value is -2.42. The van der Waals surface area contributed by atoms with Crippen LogP contribution in [-0.2, 0) is 17.6 Å². The third-order valence-corrected chi connectivity index (χ3v) is 3.08. The Morgan fingerprint density at radius 2 is 2.14 bits per heavy atom. The zero-order valence-electron chi connectivity index (χ0n) is 11.4. The molecule has 0 aliphatic carbocycles. The number of hydrogen-bond donors (Lipinski definition) is 0. The van der Waals surface area contributed by atoms with Gasteiger partial charge in [0.15, 0.2) is 0 Å². The van der Waals surface area contributed by atoms with E-state index in [-0.39, 0.29) is 11.9 Å². The highest BCUT2D eigenvalue weighted by molar-refractivity contribution is 5.52. The maximum atomic E-state index is 12.4. The molecule has 116 valence electrons. The fourth-order valence-corrected chi connectivity index (χ4v) is 1.87. The quantitative estimate of drug-likeness (QED) is 0.868. The molecule has 0 radical (unpaired) electrons. The van der Waals surface area contributed by atoms with Gasteiger partial charge in [-0.25, -0.2) is 0 Å². The highest BCUT2D eigenvalue weighted by Gasteiger charge is 2.38. The van der Waals surface area contributed by atoms with Crippen molar-refractivity contribution in [2.45, 2.75) is 25.7 Å². The summed E-state index contributed by atoms with van der Waals surface area (Å²) in [6.07, 6.45) is 0.229. The number of aromatic nitrogens is 3. The number of halogens is 3. The molecule has 0 saturated carbocycles. The van der Waals surface area contributed by atoms with E-state index in [1.165, 1.54) is 6.20 Å². The number of rotatable bonds is 3. The first-order valence-electron chi connectivity index (χ1n) is 6.40. The van der Waals surface area contributed by atoms with Crippen LogP contribution in [0.1, 0.15) is 18.5 Å². The van der Waals surface area contributed by atoms with Crippen molar-refractivity contribution in [1.29, 1.82) is 0 Å². The fourth-order valence-electron chi connectivity index (χ4n) is 1.87. The first kappa shape index (κ1) is 14.5. The summed E-state index contributed by atoms with van der Waals surface area (Å²) in [7, 11) is 0. The molecule has 0 amide bonds. The Kier molecular flexibility index (Phi) is 3.57. The van der Waals surface area contributed by atoms with Crippen molar-refractivity contribution in [3.63, 3.8) is 0 Å². The van der Waals surface area contributed by atoms with Gasteiger partial charge in [0.2, 0.25) is 5.82 Å². The van der Waals surface area contributed by atoms with Crippen molar-refractivity contribution in [2.24, 2.45) is 0 Å². The van der Waals surface area contributed by atoms with Crippen molar-refractivity contribution in [3.8, 4) is 11.4 Å². The molecule has 0 N–H and O–H groups in total. The normalized spacial score (nSPS) is 18.6. The van der Waals surface area contributed by atoms with Crippen LogP contribution in [0, 0.1) is 0 Å². The minimum atomic E-state index is -4.66. The molecule has 22 heavy (non-hydrogen) atoms. The van der Waals surface area contributed by atoms with E-state index in [4.69, 9.17) is 4.84 Å². The number of alkyl halides is 3. The second-order valence-electron chi connectivity index (χ2n) is 4.71. The van der Waals surface area contributed by atoms with E-state index in [0.29, 0.717) is 17.8 Å². The van der Waals surface area contributed by atoms with Gasteiger partial charge in [-0.2, -0.15) is 18.2 Å². The topological polar surface area (TPSA) is 64.3 Å².